The molecule has 0 saturated carbocycles. The van der Waals surface area contributed by atoms with Gasteiger partial charge in [0.15, 0.2) is 0 Å². The minimum atomic E-state index is -0.604. The number of hydrogen-bond acceptors (Lipinski definition) is 4. The van der Waals surface area contributed by atoms with Gasteiger partial charge in [-0.3, -0.25) is 4.90 Å². The molecule has 3 aromatic rings. The quantitative estimate of drug-likeness (QED) is 0.325. The summed E-state index contributed by atoms with van der Waals surface area (Å²) in [5.41, 5.74) is 2.81. The fourth-order valence-electron chi connectivity index (χ4n) is 4.31. The second kappa shape index (κ2) is 10.2. The van der Waals surface area contributed by atoms with Crippen molar-refractivity contribution in [2.45, 2.75) is 52.8 Å². The first-order valence-corrected chi connectivity index (χ1v) is 11.5. The topological polar surface area (TPSA) is 38.8 Å². The predicted octanol–water partition coefficient (Wildman–Crippen LogP) is 6.09. The summed E-state index contributed by atoms with van der Waals surface area (Å²) in [4.78, 5) is 15.5. The predicted molar refractivity (Wildman–Crippen MR) is 127 cm³/mol. The molecule has 33 heavy (non-hydrogen) atoms. The molecule has 0 aliphatic carbocycles. The van der Waals surface area contributed by atoms with Crippen molar-refractivity contribution in [2.24, 2.45) is 0 Å². The fourth-order valence-corrected chi connectivity index (χ4v) is 4.31. The van der Waals surface area contributed by atoms with Crippen LogP contribution in [-0.4, -0.2) is 23.5 Å². The van der Waals surface area contributed by atoms with Crippen molar-refractivity contribution in [1.29, 1.82) is 0 Å². The summed E-state index contributed by atoms with van der Waals surface area (Å²) in [5, 5.41) is 0. The molecule has 0 saturated heterocycles. The van der Waals surface area contributed by atoms with Crippen LogP contribution < -0.4 is 9.47 Å². The summed E-state index contributed by atoms with van der Waals surface area (Å²) >= 11 is 0. The standard InChI is InChI=1S/C28H30FNO3/c1-4-19(2)30-16-15-23-24(17-30)26(29)20(3)25(28(31)33-22-13-9-6-10-14-22)27(23)32-18-21-11-7-5-8-12-21/h5-14,19H,4,15-18H2,1-3H3/t19-/m0/s1. The number of fused-ring (bicyclic) bond motifs is 1. The monoisotopic (exact) mass is 447 g/mol. The molecule has 0 bridgehead atoms. The average Bonchev–Trinajstić information content (AvgIpc) is 2.85. The molecule has 172 valence electrons. The van der Waals surface area contributed by atoms with Gasteiger partial charge in [-0.15, -0.1) is 0 Å². The molecule has 1 heterocycles. The zero-order valence-corrected chi connectivity index (χ0v) is 19.4. The molecule has 1 aliphatic rings. The molecule has 0 aromatic heterocycles. The number of carbonyl (C=O) groups is 1. The smallest absolute Gasteiger partial charge is 0.347 e. The Morgan fingerprint density at radius 2 is 1.73 bits per heavy atom. The van der Waals surface area contributed by atoms with Crippen LogP contribution in [0.3, 0.4) is 0 Å². The number of ether oxygens (including phenoxy) is 2. The molecule has 0 radical (unpaired) electrons. The van der Waals surface area contributed by atoms with Crippen molar-refractivity contribution < 1.29 is 18.7 Å². The van der Waals surface area contributed by atoms with Crippen molar-refractivity contribution in [2.75, 3.05) is 6.54 Å². The maximum atomic E-state index is 15.6. The Morgan fingerprint density at radius 3 is 2.39 bits per heavy atom. The van der Waals surface area contributed by atoms with Gasteiger partial charge in [0, 0.05) is 35.8 Å². The van der Waals surface area contributed by atoms with Crippen LogP contribution in [0.1, 0.15) is 52.9 Å². The van der Waals surface area contributed by atoms with Gasteiger partial charge in [-0.05, 0) is 44.4 Å². The lowest BCUT2D eigenvalue weighted by molar-refractivity contribution is 0.0727. The van der Waals surface area contributed by atoms with E-state index in [4.69, 9.17) is 9.47 Å². The van der Waals surface area contributed by atoms with Crippen LogP contribution in [0.4, 0.5) is 4.39 Å². The maximum absolute atomic E-state index is 15.6. The van der Waals surface area contributed by atoms with Crippen LogP contribution in [-0.2, 0) is 19.6 Å². The molecular formula is C28H30FNO3. The SMILES string of the molecule is CC[C@H](C)N1CCc2c(c(F)c(C)c(C(=O)Oc3ccccc3)c2OCc2ccccc2)C1. The van der Waals surface area contributed by atoms with Crippen LogP contribution in [0.2, 0.25) is 0 Å². The Kier molecular flexibility index (Phi) is 7.09. The molecule has 0 amide bonds. The van der Waals surface area contributed by atoms with Gasteiger partial charge in [-0.1, -0.05) is 55.5 Å². The van der Waals surface area contributed by atoms with E-state index in [-0.39, 0.29) is 16.9 Å². The number of carbonyl (C=O) groups excluding carboxylic acids is 1. The van der Waals surface area contributed by atoms with Crippen LogP contribution >= 0.6 is 0 Å². The Balaban J connectivity index is 1.75. The van der Waals surface area contributed by atoms with Crippen molar-refractivity contribution in [3.05, 3.63) is 94.3 Å². The van der Waals surface area contributed by atoms with E-state index in [1.165, 1.54) is 0 Å². The Labute approximate surface area is 195 Å². The number of halogens is 1. The van der Waals surface area contributed by atoms with Crippen LogP contribution in [0, 0.1) is 12.7 Å². The van der Waals surface area contributed by atoms with Gasteiger partial charge in [-0.25, -0.2) is 9.18 Å². The molecule has 3 aromatic carbocycles. The van der Waals surface area contributed by atoms with E-state index in [0.717, 1.165) is 24.1 Å². The van der Waals surface area contributed by atoms with E-state index < -0.39 is 5.97 Å². The molecule has 0 spiro atoms. The first kappa shape index (κ1) is 23.0. The number of nitrogens with zero attached hydrogens (tertiary/aromatic N) is 1. The highest BCUT2D eigenvalue weighted by Gasteiger charge is 2.32. The molecule has 0 N–H and O–H groups in total. The van der Waals surface area contributed by atoms with Gasteiger partial charge in [0.25, 0.3) is 0 Å². The minimum absolute atomic E-state index is 0.169. The van der Waals surface area contributed by atoms with E-state index >= 15 is 4.39 Å². The molecule has 5 heteroatoms. The van der Waals surface area contributed by atoms with E-state index in [1.807, 2.05) is 36.4 Å². The summed E-state index contributed by atoms with van der Waals surface area (Å²) in [7, 11) is 0. The summed E-state index contributed by atoms with van der Waals surface area (Å²) in [6.07, 6.45) is 1.61. The molecule has 0 fully saturated rings. The van der Waals surface area contributed by atoms with Crippen molar-refractivity contribution >= 4 is 5.97 Å². The van der Waals surface area contributed by atoms with Gasteiger partial charge in [0.05, 0.1) is 0 Å². The number of hydrogen-bond donors (Lipinski definition) is 0. The van der Waals surface area contributed by atoms with Crippen molar-refractivity contribution in [3.63, 3.8) is 0 Å². The second-order valence-electron chi connectivity index (χ2n) is 8.55. The molecule has 1 aliphatic heterocycles. The summed E-state index contributed by atoms with van der Waals surface area (Å²) in [6.45, 7) is 7.52. The van der Waals surface area contributed by atoms with Gasteiger partial charge in [0.2, 0.25) is 0 Å². The number of para-hydroxylation sites is 1. The van der Waals surface area contributed by atoms with E-state index in [9.17, 15) is 4.79 Å². The minimum Gasteiger partial charge on any atom is -0.488 e. The lowest BCUT2D eigenvalue weighted by atomic mass is 9.90. The summed E-state index contributed by atoms with van der Waals surface area (Å²) in [5.74, 6) is -0.0904. The number of esters is 1. The third kappa shape index (κ3) is 4.93. The third-order valence-electron chi connectivity index (χ3n) is 6.44. The second-order valence-corrected chi connectivity index (χ2v) is 8.55. The van der Waals surface area contributed by atoms with Crippen molar-refractivity contribution in [1.82, 2.24) is 4.90 Å². The summed E-state index contributed by atoms with van der Waals surface area (Å²) < 4.78 is 27.5. The molecule has 4 nitrogen and oxygen atoms in total. The molecule has 0 unspecified atom stereocenters. The Bertz CT molecular complexity index is 1120. The van der Waals surface area contributed by atoms with Gasteiger partial charge >= 0.3 is 5.97 Å². The molecule has 1 atom stereocenters. The van der Waals surface area contributed by atoms with Gasteiger partial charge in [0.1, 0.15) is 29.5 Å². The van der Waals surface area contributed by atoms with E-state index in [2.05, 4.69) is 18.7 Å². The molecular weight excluding hydrogens is 417 g/mol. The highest BCUT2D eigenvalue weighted by molar-refractivity contribution is 5.96. The van der Waals surface area contributed by atoms with Crippen LogP contribution in [0.5, 0.6) is 11.5 Å². The average molecular weight is 448 g/mol. The first-order chi connectivity index (χ1) is 16.0. The zero-order chi connectivity index (χ0) is 23.4. The van der Waals surface area contributed by atoms with E-state index in [1.54, 1.807) is 31.2 Å². The lowest BCUT2D eigenvalue weighted by Crippen LogP contribution is -2.38. The molecule has 4 rings (SSSR count). The maximum Gasteiger partial charge on any atom is 0.347 e. The summed E-state index contributed by atoms with van der Waals surface area (Å²) in [6, 6.07) is 19.0. The normalized spacial score (nSPS) is 14.4. The van der Waals surface area contributed by atoms with Gasteiger partial charge < -0.3 is 9.47 Å². The zero-order valence-electron chi connectivity index (χ0n) is 19.4. The lowest BCUT2D eigenvalue weighted by Gasteiger charge is -2.35. The van der Waals surface area contributed by atoms with E-state index in [0.29, 0.717) is 42.7 Å². The number of rotatable bonds is 7. The fraction of sp³-hybridized carbons (Fsp3) is 0.321. The number of benzene rings is 3. The first-order valence-electron chi connectivity index (χ1n) is 11.5. The highest BCUT2D eigenvalue weighted by atomic mass is 19.1. The van der Waals surface area contributed by atoms with Crippen LogP contribution in [0.15, 0.2) is 60.7 Å². The highest BCUT2D eigenvalue weighted by Crippen LogP contribution is 2.38. The third-order valence-corrected chi connectivity index (χ3v) is 6.44. The van der Waals surface area contributed by atoms with Gasteiger partial charge in [-0.2, -0.15) is 0 Å². The largest absolute Gasteiger partial charge is 0.488 e. The Hall–Kier alpha value is -3.18. The van der Waals surface area contributed by atoms with Crippen LogP contribution in [0.25, 0.3) is 0 Å². The Morgan fingerprint density at radius 1 is 1.06 bits per heavy atom. The van der Waals surface area contributed by atoms with Crippen molar-refractivity contribution in [3.8, 4) is 11.5 Å².